The molecule has 2 aliphatic heterocycles. The van der Waals surface area contributed by atoms with Crippen LogP contribution in [0, 0.1) is 11.7 Å². The Morgan fingerprint density at radius 3 is 2.33 bits per heavy atom. The van der Waals surface area contributed by atoms with Gasteiger partial charge in [-0.05, 0) is 25.0 Å². The van der Waals surface area contributed by atoms with E-state index in [1.165, 1.54) is 32.3 Å². The maximum absolute atomic E-state index is 14.6. The van der Waals surface area contributed by atoms with Crippen molar-refractivity contribution in [3.8, 4) is 17.2 Å². The number of halogens is 1. The van der Waals surface area contributed by atoms with Gasteiger partial charge in [-0.15, -0.1) is 0 Å². The second-order valence-corrected chi connectivity index (χ2v) is 8.11. The summed E-state index contributed by atoms with van der Waals surface area (Å²) in [6.45, 7) is 1.81. The largest absolute Gasteiger partial charge is 0.493 e. The van der Waals surface area contributed by atoms with E-state index in [-0.39, 0.29) is 30.5 Å². The van der Waals surface area contributed by atoms with Gasteiger partial charge in [-0.3, -0.25) is 9.59 Å². The number of ether oxygens (including phenoxy) is 3. The molecule has 8 nitrogen and oxygen atoms in total. The number of amides is 2. The molecule has 0 spiro atoms. The van der Waals surface area contributed by atoms with Crippen molar-refractivity contribution in [3.05, 3.63) is 36.1 Å². The zero-order valence-electron chi connectivity index (χ0n) is 19.0. The third kappa shape index (κ3) is 4.40. The molecule has 4 rings (SSSR count). The van der Waals surface area contributed by atoms with Crippen molar-refractivity contribution < 1.29 is 28.2 Å². The summed E-state index contributed by atoms with van der Waals surface area (Å²) in [6, 6.07) is 8.12. The Morgan fingerprint density at radius 2 is 1.73 bits per heavy atom. The lowest BCUT2D eigenvalue weighted by atomic mass is 10.1. The maximum Gasteiger partial charge on any atom is 0.229 e. The van der Waals surface area contributed by atoms with Gasteiger partial charge in [0.25, 0.3) is 0 Å². The molecule has 1 unspecified atom stereocenters. The van der Waals surface area contributed by atoms with E-state index in [2.05, 4.69) is 10.2 Å². The van der Waals surface area contributed by atoms with Crippen LogP contribution in [0.2, 0.25) is 0 Å². The van der Waals surface area contributed by atoms with Crippen LogP contribution in [0.3, 0.4) is 0 Å². The Kier molecular flexibility index (Phi) is 6.57. The van der Waals surface area contributed by atoms with E-state index in [4.69, 9.17) is 14.2 Å². The van der Waals surface area contributed by atoms with Gasteiger partial charge in [0.15, 0.2) is 11.5 Å². The summed E-state index contributed by atoms with van der Waals surface area (Å²) in [5.74, 6) is -0.468. The summed E-state index contributed by atoms with van der Waals surface area (Å²) in [6.07, 6.45) is 2.09. The number of anilines is 3. The molecule has 0 radical (unpaired) electrons. The molecule has 2 aromatic rings. The van der Waals surface area contributed by atoms with Gasteiger partial charge < -0.3 is 29.3 Å². The number of nitrogens with zero attached hydrogens (tertiary/aromatic N) is 2. The molecule has 0 bridgehead atoms. The van der Waals surface area contributed by atoms with E-state index in [1.807, 2.05) is 6.07 Å². The second-order valence-electron chi connectivity index (χ2n) is 8.11. The van der Waals surface area contributed by atoms with Gasteiger partial charge >= 0.3 is 0 Å². The molecule has 2 aromatic carbocycles. The van der Waals surface area contributed by atoms with Crippen molar-refractivity contribution in [1.82, 2.24) is 0 Å². The molecule has 1 atom stereocenters. The third-order valence-corrected chi connectivity index (χ3v) is 6.14. The number of nitrogens with one attached hydrogen (secondary N) is 1. The highest BCUT2D eigenvalue weighted by Gasteiger charge is 2.36. The van der Waals surface area contributed by atoms with Gasteiger partial charge in [0.05, 0.1) is 38.6 Å². The van der Waals surface area contributed by atoms with Crippen LogP contribution >= 0.6 is 0 Å². The number of hydrogen-bond donors (Lipinski definition) is 1. The predicted molar refractivity (Wildman–Crippen MR) is 123 cm³/mol. The molecule has 2 amide bonds. The summed E-state index contributed by atoms with van der Waals surface area (Å²) < 4.78 is 30.7. The fraction of sp³-hybridized carbons (Fsp3) is 0.417. The van der Waals surface area contributed by atoms with Crippen molar-refractivity contribution in [2.45, 2.75) is 19.3 Å². The number of hydrogen-bond acceptors (Lipinski definition) is 6. The lowest BCUT2D eigenvalue weighted by Crippen LogP contribution is -2.29. The SMILES string of the molecule is COc1cc(N2CC(C(=O)Nc3c(F)cccc3N3CCCC3)CC2=O)cc(OC)c1OC. The fourth-order valence-electron chi connectivity index (χ4n) is 4.44. The average molecular weight is 458 g/mol. The highest BCUT2D eigenvalue weighted by atomic mass is 19.1. The van der Waals surface area contributed by atoms with Crippen LogP contribution in [-0.4, -0.2) is 52.8 Å². The molecule has 0 aliphatic carbocycles. The van der Waals surface area contributed by atoms with Crippen molar-refractivity contribution in [1.29, 1.82) is 0 Å². The minimum Gasteiger partial charge on any atom is -0.493 e. The molecular weight excluding hydrogens is 429 g/mol. The Hall–Kier alpha value is -3.49. The van der Waals surface area contributed by atoms with Crippen LogP contribution in [0.15, 0.2) is 30.3 Å². The van der Waals surface area contributed by atoms with E-state index >= 15 is 0 Å². The second kappa shape index (κ2) is 9.56. The van der Waals surface area contributed by atoms with E-state index in [1.54, 1.807) is 18.2 Å². The molecule has 33 heavy (non-hydrogen) atoms. The lowest BCUT2D eigenvalue weighted by molar-refractivity contribution is -0.122. The van der Waals surface area contributed by atoms with Crippen molar-refractivity contribution in [2.24, 2.45) is 5.92 Å². The first-order chi connectivity index (χ1) is 16.0. The molecule has 2 heterocycles. The maximum atomic E-state index is 14.6. The van der Waals surface area contributed by atoms with E-state index in [0.717, 1.165) is 25.9 Å². The molecule has 2 aliphatic rings. The summed E-state index contributed by atoms with van der Waals surface area (Å²) in [5.41, 5.74) is 1.38. The molecule has 0 saturated carbocycles. The zero-order valence-corrected chi connectivity index (χ0v) is 19.0. The molecule has 2 saturated heterocycles. The van der Waals surface area contributed by atoms with E-state index in [0.29, 0.717) is 28.6 Å². The first-order valence-corrected chi connectivity index (χ1v) is 10.9. The van der Waals surface area contributed by atoms with Crippen molar-refractivity contribution in [3.63, 3.8) is 0 Å². The number of carbonyl (C=O) groups is 2. The van der Waals surface area contributed by atoms with Gasteiger partial charge in [-0.1, -0.05) is 6.07 Å². The normalized spacial score (nSPS) is 17.9. The Bertz CT molecular complexity index is 1030. The Morgan fingerprint density at radius 1 is 1.06 bits per heavy atom. The molecule has 176 valence electrons. The first kappa shape index (κ1) is 22.7. The summed E-state index contributed by atoms with van der Waals surface area (Å²) in [4.78, 5) is 29.4. The average Bonchev–Trinajstić information content (AvgIpc) is 3.49. The van der Waals surface area contributed by atoms with E-state index in [9.17, 15) is 14.0 Å². The smallest absolute Gasteiger partial charge is 0.229 e. The van der Waals surface area contributed by atoms with E-state index < -0.39 is 11.7 Å². The first-order valence-electron chi connectivity index (χ1n) is 10.9. The highest BCUT2D eigenvalue weighted by molar-refractivity contribution is 6.04. The van der Waals surface area contributed by atoms with Gasteiger partial charge in [-0.25, -0.2) is 4.39 Å². The van der Waals surface area contributed by atoms with Gasteiger partial charge in [0, 0.05) is 38.2 Å². The topological polar surface area (TPSA) is 80.3 Å². The van der Waals surface area contributed by atoms with Gasteiger partial charge in [0.2, 0.25) is 17.6 Å². The Labute approximate surface area is 192 Å². The monoisotopic (exact) mass is 457 g/mol. The quantitative estimate of drug-likeness (QED) is 0.686. The highest BCUT2D eigenvalue weighted by Crippen LogP contribution is 2.42. The molecule has 0 aromatic heterocycles. The lowest BCUT2D eigenvalue weighted by Gasteiger charge is -2.23. The third-order valence-electron chi connectivity index (χ3n) is 6.14. The minimum atomic E-state index is -0.623. The summed E-state index contributed by atoms with van der Waals surface area (Å²) >= 11 is 0. The van der Waals surface area contributed by atoms with Crippen LogP contribution in [0.1, 0.15) is 19.3 Å². The number of para-hydroxylation sites is 1. The molecule has 2 fully saturated rings. The van der Waals surface area contributed by atoms with Crippen LogP contribution < -0.4 is 29.3 Å². The number of carbonyl (C=O) groups excluding carboxylic acids is 2. The van der Waals surface area contributed by atoms with Gasteiger partial charge in [-0.2, -0.15) is 0 Å². The van der Waals surface area contributed by atoms with Crippen LogP contribution in [0.25, 0.3) is 0 Å². The zero-order chi connectivity index (χ0) is 23.5. The van der Waals surface area contributed by atoms with Crippen molar-refractivity contribution >= 4 is 28.9 Å². The predicted octanol–water partition coefficient (Wildman–Crippen LogP) is 3.44. The summed E-state index contributed by atoms with van der Waals surface area (Å²) in [7, 11) is 4.49. The summed E-state index contributed by atoms with van der Waals surface area (Å²) in [5, 5.41) is 2.75. The van der Waals surface area contributed by atoms with Crippen LogP contribution in [-0.2, 0) is 9.59 Å². The standard InChI is InChI=1S/C24H28FN3O5/c1-31-19-12-16(13-20(32-2)23(19)33-3)28-14-15(11-21(28)29)24(30)26-22-17(25)7-6-8-18(22)27-9-4-5-10-27/h6-8,12-13,15H,4-5,9-11,14H2,1-3H3,(H,26,30). The van der Waals surface area contributed by atoms with Crippen LogP contribution in [0.5, 0.6) is 17.2 Å². The number of rotatable bonds is 7. The van der Waals surface area contributed by atoms with Crippen LogP contribution in [0.4, 0.5) is 21.5 Å². The molecular formula is C24H28FN3O5. The Balaban J connectivity index is 1.54. The molecule has 1 N–H and O–H groups in total. The minimum absolute atomic E-state index is 0.0238. The van der Waals surface area contributed by atoms with Crippen molar-refractivity contribution in [2.75, 3.05) is 56.1 Å². The number of methoxy groups -OCH3 is 3. The van der Waals surface area contributed by atoms with Gasteiger partial charge in [0.1, 0.15) is 11.5 Å². The molecule has 9 heteroatoms. The fourth-order valence-corrected chi connectivity index (χ4v) is 4.44. The number of benzene rings is 2.